The molecule has 24 nitrogen and oxygen atoms in total. The summed E-state index contributed by atoms with van der Waals surface area (Å²) in [5.41, 5.74) is 3.79. The average Bonchev–Trinajstić information content (AvgIpc) is 1.63. The maximum atomic E-state index is 15.0. The van der Waals surface area contributed by atoms with Gasteiger partial charge in [-0.3, -0.25) is 57.5 Å². The molecule has 0 bridgehead atoms. The molecule has 7 unspecified atom stereocenters. The van der Waals surface area contributed by atoms with Gasteiger partial charge in [-0.1, -0.05) is 138 Å². The highest BCUT2D eigenvalue weighted by Gasteiger charge is 2.46. The second kappa shape index (κ2) is 34.8. The molecule has 0 heterocycles. The first-order chi connectivity index (χ1) is 50.0. The lowest BCUT2D eigenvalue weighted by atomic mass is 9.93. The van der Waals surface area contributed by atoms with E-state index in [1.807, 2.05) is 13.8 Å². The molecule has 24 heteroatoms. The topological polar surface area (TPSA) is 341 Å². The number of nitrogens with one attached hydrogen (secondary N) is 9. The van der Waals surface area contributed by atoms with E-state index in [0.29, 0.717) is 77.2 Å². The van der Waals surface area contributed by atoms with Crippen LogP contribution in [0.5, 0.6) is 17.2 Å². The lowest BCUT2D eigenvalue weighted by molar-refractivity contribution is -0.140. The van der Waals surface area contributed by atoms with Crippen LogP contribution < -0.4 is 62.1 Å². The van der Waals surface area contributed by atoms with Gasteiger partial charge in [0.15, 0.2) is 0 Å². The van der Waals surface area contributed by atoms with Crippen molar-refractivity contribution in [3.8, 4) is 17.2 Å². The second-order valence-corrected chi connectivity index (χ2v) is 28.1. The largest absolute Gasteiger partial charge is 0.497 e. The summed E-state index contributed by atoms with van der Waals surface area (Å²) in [6.07, 6.45) is 3.89. The van der Waals surface area contributed by atoms with Crippen LogP contribution in [0.1, 0.15) is 150 Å². The van der Waals surface area contributed by atoms with Crippen LogP contribution in [0.4, 0.5) is 0 Å². The van der Waals surface area contributed by atoms with Crippen LogP contribution in [-0.2, 0) is 62.4 Å². The minimum Gasteiger partial charge on any atom is -0.497 e. The van der Waals surface area contributed by atoms with Crippen LogP contribution in [0.25, 0.3) is 0 Å². The number of amides is 9. The molecule has 0 aliphatic heterocycles. The molecule has 0 aromatic heterocycles. The minimum atomic E-state index is -1.54. The number of Topliss-reactive ketones (excluding diaryl/α,β-unsaturated/α-hetero) is 3. The summed E-state index contributed by atoms with van der Waals surface area (Å²) in [7, 11) is 4.39. The van der Waals surface area contributed by atoms with Gasteiger partial charge in [0, 0.05) is 65.9 Å². The number of hydrogen-bond donors (Lipinski definition) is 9. The van der Waals surface area contributed by atoms with Crippen molar-refractivity contribution >= 4 is 70.5 Å². The van der Waals surface area contributed by atoms with Gasteiger partial charge in [0.25, 0.3) is 35.4 Å². The Balaban J connectivity index is 0.854. The van der Waals surface area contributed by atoms with Crippen molar-refractivity contribution in [2.45, 2.75) is 165 Å². The minimum absolute atomic E-state index is 0.0383. The molecule has 0 spiro atoms. The molecular weight excluding hydrogens is 1330 g/mol. The van der Waals surface area contributed by atoms with Gasteiger partial charge in [-0.15, -0.1) is 0 Å². The van der Waals surface area contributed by atoms with E-state index >= 15 is 0 Å². The van der Waals surface area contributed by atoms with Gasteiger partial charge in [0.1, 0.15) is 53.5 Å². The third-order valence-electron chi connectivity index (χ3n) is 19.2. The third-order valence-corrected chi connectivity index (χ3v) is 19.2. The van der Waals surface area contributed by atoms with Gasteiger partial charge in [0.2, 0.25) is 35.1 Å². The van der Waals surface area contributed by atoms with E-state index in [9.17, 15) is 57.5 Å². The quantitative estimate of drug-likeness (QED) is 0.0201. The van der Waals surface area contributed by atoms with Crippen molar-refractivity contribution in [2.75, 3.05) is 21.3 Å². The molecule has 4 fully saturated rings. The first-order valence-corrected chi connectivity index (χ1v) is 35.5. The molecule has 546 valence electrons. The number of ether oxygens (including phenoxy) is 3. The highest BCUT2D eigenvalue weighted by Crippen LogP contribution is 2.44. The molecular formula is C80H91N9O15. The number of methoxy groups -OCH3 is 3. The number of carbonyl (C=O) groups excluding carboxylic acids is 12. The first-order valence-electron chi connectivity index (χ1n) is 35.5. The van der Waals surface area contributed by atoms with Gasteiger partial charge in [-0.25, -0.2) is 0 Å². The summed E-state index contributed by atoms with van der Waals surface area (Å²) in [6.45, 7) is 7.18. The molecule has 10 rings (SSSR count). The van der Waals surface area contributed by atoms with E-state index in [1.165, 1.54) is 33.5 Å². The van der Waals surface area contributed by atoms with Crippen LogP contribution in [0.15, 0.2) is 152 Å². The fourth-order valence-corrected chi connectivity index (χ4v) is 12.9. The molecule has 9 N–H and O–H groups in total. The van der Waals surface area contributed by atoms with Crippen LogP contribution in [0, 0.1) is 17.8 Å². The van der Waals surface area contributed by atoms with E-state index in [0.717, 1.165) is 12.8 Å². The Morgan fingerprint density at radius 2 is 0.808 bits per heavy atom. The zero-order valence-corrected chi connectivity index (χ0v) is 59.4. The zero-order chi connectivity index (χ0) is 74.3. The normalized spacial score (nSPS) is 18.0. The molecule has 104 heavy (non-hydrogen) atoms. The van der Waals surface area contributed by atoms with Crippen molar-refractivity contribution in [3.05, 3.63) is 196 Å². The molecule has 4 saturated carbocycles. The monoisotopic (exact) mass is 1420 g/mol. The average molecular weight is 1420 g/mol. The van der Waals surface area contributed by atoms with Crippen LogP contribution in [0.3, 0.4) is 0 Å². The van der Waals surface area contributed by atoms with Crippen molar-refractivity contribution in [1.82, 2.24) is 47.9 Å². The Hall–Kier alpha value is -11.0. The highest BCUT2D eigenvalue weighted by atomic mass is 16.5. The number of hydrogen-bond acceptors (Lipinski definition) is 15. The van der Waals surface area contributed by atoms with Gasteiger partial charge in [-0.2, -0.15) is 0 Å². The Morgan fingerprint density at radius 1 is 0.404 bits per heavy atom. The van der Waals surface area contributed by atoms with E-state index in [2.05, 4.69) is 47.9 Å². The van der Waals surface area contributed by atoms with Crippen LogP contribution >= 0.6 is 0 Å². The Morgan fingerprint density at radius 3 is 1.24 bits per heavy atom. The molecule has 0 radical (unpaired) electrons. The highest BCUT2D eigenvalue weighted by molar-refractivity contribution is 6.39. The SMILES string of the molecule is COc1cccc(C(=O)N[C@@H](CC(C)C)C(=O)NC(Cc2ccccc2C2CC2NC(=O)C(=O)C(Cc2ccccc2C2CC2NC(=O)C(=O)C(Cc2ccccc2)NC(=O)[C@H](CC2CC2)NC(=O)c2cccc(OC)c2)NC(=O)[C@@H](NC(=O)c2cccc(OC)c2)C(C)C)C(=O)C(=O)NC2CC2)c1. The predicted molar refractivity (Wildman–Crippen MR) is 385 cm³/mol. The zero-order valence-electron chi connectivity index (χ0n) is 59.4. The van der Waals surface area contributed by atoms with E-state index < -0.39 is 137 Å². The molecule has 4 aliphatic rings. The molecule has 9 amide bonds. The summed E-state index contributed by atoms with van der Waals surface area (Å²) in [5.74, 6) is -9.44. The van der Waals surface area contributed by atoms with Gasteiger partial charge < -0.3 is 62.1 Å². The molecule has 0 saturated heterocycles. The smallest absolute Gasteiger partial charge is 0.289 e. The lowest BCUT2D eigenvalue weighted by Gasteiger charge is -2.26. The Kier molecular flexibility index (Phi) is 25.3. The number of carbonyl (C=O) groups is 12. The van der Waals surface area contributed by atoms with Gasteiger partial charge in [-0.05, 0) is 139 Å². The lowest BCUT2D eigenvalue weighted by Crippen LogP contribution is -2.56. The van der Waals surface area contributed by atoms with Crippen LogP contribution in [0.2, 0.25) is 0 Å². The summed E-state index contributed by atoms with van der Waals surface area (Å²) in [5, 5.41) is 25.3. The Labute approximate surface area is 604 Å². The fourth-order valence-electron chi connectivity index (χ4n) is 12.9. The van der Waals surface area contributed by atoms with Crippen LogP contribution in [-0.4, -0.2) is 146 Å². The van der Waals surface area contributed by atoms with E-state index in [4.69, 9.17) is 14.2 Å². The van der Waals surface area contributed by atoms with Gasteiger partial charge >= 0.3 is 0 Å². The number of ketones is 3. The predicted octanol–water partition coefficient (Wildman–Crippen LogP) is 6.02. The Bertz CT molecular complexity index is 4190. The number of benzene rings is 6. The van der Waals surface area contributed by atoms with Gasteiger partial charge in [0.05, 0.1) is 21.3 Å². The molecule has 6 aromatic rings. The third kappa shape index (κ3) is 20.6. The second-order valence-electron chi connectivity index (χ2n) is 28.1. The molecule has 4 aliphatic carbocycles. The summed E-state index contributed by atoms with van der Waals surface area (Å²) < 4.78 is 15.9. The maximum absolute atomic E-state index is 15.0. The first kappa shape index (κ1) is 75.6. The standard InChI is InChI=1S/C80H91N9O15/c1-44(2)34-66(87-72(93)50-22-15-25-54(37-50)102-5)75(96)85-64(70(91)78(99)81-53-32-33-53)40-48-20-11-13-28-57(48)59-43-62(59)83-80(101)71(92)65(86-77(98)68(45(3)4)89-74(95)52-24-17-27-56(39-52)104-7)41-49-21-12-14-29-58(49)60-42-61(60)82-79(100)69(90)63(35-46-18-9-8-10-19-46)84-76(97)67(36-47-30-31-47)88-73(94)51-23-16-26-55(38-51)103-6/h8-29,37-39,44-45,47,53,59-68H,30-36,40-43H2,1-7H3,(H,81,99)(H,82,100)(H,83,101)(H,84,97)(H,85,96)(H,86,98)(H,87,93)(H,88,94)(H,89,95)/t59?,60?,61?,62?,63?,64?,65?,66-,67-,68-/m0/s1. The molecule has 10 atom stereocenters. The van der Waals surface area contributed by atoms with Crippen molar-refractivity contribution < 1.29 is 71.7 Å². The summed E-state index contributed by atoms with van der Waals surface area (Å²) >= 11 is 0. The maximum Gasteiger partial charge on any atom is 0.289 e. The summed E-state index contributed by atoms with van der Waals surface area (Å²) in [4.78, 5) is 170. The summed E-state index contributed by atoms with van der Waals surface area (Å²) in [6, 6.07) is 33.2. The van der Waals surface area contributed by atoms with Crippen molar-refractivity contribution in [1.29, 1.82) is 0 Å². The van der Waals surface area contributed by atoms with Crippen molar-refractivity contribution in [2.24, 2.45) is 17.8 Å². The molecule has 6 aromatic carbocycles. The van der Waals surface area contributed by atoms with E-state index in [-0.39, 0.29) is 60.3 Å². The number of rotatable bonds is 37. The van der Waals surface area contributed by atoms with E-state index in [1.54, 1.807) is 153 Å². The fraction of sp³-hybridized carbons (Fsp3) is 0.400. The van der Waals surface area contributed by atoms with Crippen molar-refractivity contribution in [3.63, 3.8) is 0 Å².